The highest BCUT2D eigenvalue weighted by molar-refractivity contribution is 5.49. The van der Waals surface area contributed by atoms with Gasteiger partial charge in [0, 0.05) is 30.9 Å². The van der Waals surface area contributed by atoms with Crippen LogP contribution in [-0.2, 0) is 19.4 Å². The van der Waals surface area contributed by atoms with E-state index in [1.807, 2.05) is 13.0 Å². The first-order valence-electron chi connectivity index (χ1n) is 9.54. The Kier molecular flexibility index (Phi) is 5.96. The average Bonchev–Trinajstić information content (AvgIpc) is 2.65. The lowest BCUT2D eigenvalue weighted by Crippen LogP contribution is -2.31. The van der Waals surface area contributed by atoms with Gasteiger partial charge in [-0.2, -0.15) is 4.98 Å². The summed E-state index contributed by atoms with van der Waals surface area (Å²) in [6.07, 6.45) is -2.23. The van der Waals surface area contributed by atoms with Crippen LogP contribution in [0.2, 0.25) is 0 Å². The van der Waals surface area contributed by atoms with Crippen LogP contribution in [0.1, 0.15) is 44.0 Å². The fourth-order valence-corrected chi connectivity index (χ4v) is 3.14. The zero-order chi connectivity index (χ0) is 20.3. The van der Waals surface area contributed by atoms with Gasteiger partial charge in [0.25, 0.3) is 0 Å². The van der Waals surface area contributed by atoms with Crippen LogP contribution in [0.5, 0.6) is 5.75 Å². The van der Waals surface area contributed by atoms with Crippen molar-refractivity contribution in [3.05, 3.63) is 41.1 Å². The number of benzene rings is 1. The standard InChI is InChI=1S/C20H25F3N4O/c1-4-13(3)24-19-25-16(5-2)11-18(26-19)27-9-8-14-6-7-17(10-15(14)12-27)28-20(21,22)23/h6-7,10-11,13H,4-5,8-9,12H2,1-3H3,(H,24,25,26)/t13-/m0/s1. The predicted octanol–water partition coefficient (Wildman–Crippen LogP) is 4.71. The highest BCUT2D eigenvalue weighted by Crippen LogP contribution is 2.30. The monoisotopic (exact) mass is 394 g/mol. The Morgan fingerprint density at radius 3 is 2.64 bits per heavy atom. The van der Waals surface area contributed by atoms with Gasteiger partial charge in [-0.3, -0.25) is 0 Å². The molecule has 1 N–H and O–H groups in total. The molecule has 2 heterocycles. The largest absolute Gasteiger partial charge is 0.573 e. The molecule has 1 aliphatic heterocycles. The van der Waals surface area contributed by atoms with Crippen LogP contribution in [0.3, 0.4) is 0 Å². The second kappa shape index (κ2) is 8.24. The highest BCUT2D eigenvalue weighted by Gasteiger charge is 2.31. The predicted molar refractivity (Wildman–Crippen MR) is 103 cm³/mol. The van der Waals surface area contributed by atoms with Gasteiger partial charge in [-0.25, -0.2) is 4.98 Å². The van der Waals surface area contributed by atoms with E-state index < -0.39 is 6.36 Å². The van der Waals surface area contributed by atoms with Crippen LogP contribution in [0.4, 0.5) is 24.9 Å². The van der Waals surface area contributed by atoms with Crippen LogP contribution in [-0.4, -0.2) is 28.9 Å². The molecular weight excluding hydrogens is 369 g/mol. The third-order valence-electron chi connectivity index (χ3n) is 4.86. The molecule has 0 radical (unpaired) electrons. The van der Waals surface area contributed by atoms with Gasteiger partial charge in [0.1, 0.15) is 11.6 Å². The summed E-state index contributed by atoms with van der Waals surface area (Å²) < 4.78 is 41.6. The first-order chi connectivity index (χ1) is 13.3. The SMILES string of the molecule is CCc1cc(N2CCc3ccc(OC(F)(F)F)cc3C2)nc(N[C@@H](C)CC)n1. The highest BCUT2D eigenvalue weighted by atomic mass is 19.4. The van der Waals surface area contributed by atoms with Gasteiger partial charge in [-0.15, -0.1) is 13.2 Å². The summed E-state index contributed by atoms with van der Waals surface area (Å²) in [6.45, 7) is 7.42. The van der Waals surface area contributed by atoms with Crippen molar-refractivity contribution >= 4 is 11.8 Å². The van der Waals surface area contributed by atoms with Gasteiger partial charge >= 0.3 is 6.36 Å². The van der Waals surface area contributed by atoms with E-state index in [2.05, 4.69) is 38.8 Å². The lowest BCUT2D eigenvalue weighted by molar-refractivity contribution is -0.274. The lowest BCUT2D eigenvalue weighted by atomic mass is 9.99. The molecule has 28 heavy (non-hydrogen) atoms. The van der Waals surface area contributed by atoms with Crippen molar-refractivity contribution in [3.8, 4) is 5.75 Å². The molecule has 152 valence electrons. The number of halogens is 3. The Morgan fingerprint density at radius 1 is 1.18 bits per heavy atom. The summed E-state index contributed by atoms with van der Waals surface area (Å²) >= 11 is 0. The summed E-state index contributed by atoms with van der Waals surface area (Å²) in [5.41, 5.74) is 2.78. The molecule has 0 saturated heterocycles. The van der Waals surface area contributed by atoms with Gasteiger partial charge in [0.2, 0.25) is 5.95 Å². The summed E-state index contributed by atoms with van der Waals surface area (Å²) in [7, 11) is 0. The number of hydrogen-bond donors (Lipinski definition) is 1. The maximum atomic E-state index is 12.5. The molecule has 1 aromatic carbocycles. The average molecular weight is 394 g/mol. The maximum Gasteiger partial charge on any atom is 0.573 e. The fourth-order valence-electron chi connectivity index (χ4n) is 3.14. The van der Waals surface area contributed by atoms with Gasteiger partial charge in [0.05, 0.1) is 0 Å². The van der Waals surface area contributed by atoms with Crippen LogP contribution >= 0.6 is 0 Å². The van der Waals surface area contributed by atoms with Gasteiger partial charge < -0.3 is 15.0 Å². The molecule has 0 bridgehead atoms. The molecule has 0 aliphatic carbocycles. The lowest BCUT2D eigenvalue weighted by Gasteiger charge is -2.30. The third-order valence-corrected chi connectivity index (χ3v) is 4.86. The van der Waals surface area contributed by atoms with Crippen molar-refractivity contribution in [1.29, 1.82) is 0 Å². The van der Waals surface area contributed by atoms with Crippen LogP contribution in [0.25, 0.3) is 0 Å². The number of alkyl halides is 3. The van der Waals surface area contributed by atoms with Crippen molar-refractivity contribution < 1.29 is 17.9 Å². The van der Waals surface area contributed by atoms with Crippen molar-refractivity contribution in [2.24, 2.45) is 0 Å². The van der Waals surface area contributed by atoms with E-state index in [9.17, 15) is 13.2 Å². The molecule has 1 aromatic heterocycles. The molecule has 0 saturated carbocycles. The Morgan fingerprint density at radius 2 is 1.96 bits per heavy atom. The summed E-state index contributed by atoms with van der Waals surface area (Å²) in [5, 5.41) is 3.31. The number of rotatable bonds is 6. The topological polar surface area (TPSA) is 50.3 Å². The second-order valence-corrected chi connectivity index (χ2v) is 7.00. The fraction of sp³-hybridized carbons (Fsp3) is 0.500. The summed E-state index contributed by atoms with van der Waals surface area (Å²) in [4.78, 5) is 11.3. The number of nitrogens with zero attached hydrogens (tertiary/aromatic N) is 3. The Labute approximate surface area is 162 Å². The third kappa shape index (κ3) is 5.05. The van der Waals surface area contributed by atoms with E-state index >= 15 is 0 Å². The first kappa shape index (κ1) is 20.2. The molecule has 0 fully saturated rings. The van der Waals surface area contributed by atoms with Gasteiger partial charge in [-0.1, -0.05) is 19.9 Å². The minimum atomic E-state index is -4.69. The molecule has 1 aliphatic rings. The number of fused-ring (bicyclic) bond motifs is 1. The Bertz CT molecular complexity index is 826. The molecule has 5 nitrogen and oxygen atoms in total. The number of ether oxygens (including phenoxy) is 1. The van der Waals surface area contributed by atoms with Crippen molar-refractivity contribution in [2.75, 3.05) is 16.8 Å². The summed E-state index contributed by atoms with van der Waals surface area (Å²) in [6, 6.07) is 6.75. The molecular formula is C20H25F3N4O. The van der Waals surface area contributed by atoms with Crippen molar-refractivity contribution in [3.63, 3.8) is 0 Å². The van der Waals surface area contributed by atoms with E-state index in [1.54, 1.807) is 6.07 Å². The first-order valence-corrected chi connectivity index (χ1v) is 9.54. The number of anilines is 2. The number of nitrogens with one attached hydrogen (secondary N) is 1. The van der Waals surface area contributed by atoms with Crippen molar-refractivity contribution in [1.82, 2.24) is 9.97 Å². The molecule has 2 aromatic rings. The number of hydrogen-bond acceptors (Lipinski definition) is 5. The van der Waals surface area contributed by atoms with E-state index in [-0.39, 0.29) is 11.8 Å². The minimum absolute atomic E-state index is 0.191. The van der Waals surface area contributed by atoms with Crippen LogP contribution in [0.15, 0.2) is 24.3 Å². The van der Waals surface area contributed by atoms with E-state index in [0.717, 1.165) is 48.4 Å². The smallest absolute Gasteiger partial charge is 0.406 e. The van der Waals surface area contributed by atoms with Gasteiger partial charge in [-0.05, 0) is 49.4 Å². The Hall–Kier alpha value is -2.51. The maximum absolute atomic E-state index is 12.5. The van der Waals surface area contributed by atoms with E-state index in [4.69, 9.17) is 0 Å². The second-order valence-electron chi connectivity index (χ2n) is 7.00. The van der Waals surface area contributed by atoms with E-state index in [1.165, 1.54) is 12.1 Å². The molecule has 0 unspecified atom stereocenters. The molecule has 0 spiro atoms. The van der Waals surface area contributed by atoms with E-state index in [0.29, 0.717) is 12.5 Å². The van der Waals surface area contributed by atoms with Crippen LogP contribution in [0, 0.1) is 0 Å². The molecule has 1 atom stereocenters. The van der Waals surface area contributed by atoms with Crippen LogP contribution < -0.4 is 15.0 Å². The zero-order valence-corrected chi connectivity index (χ0v) is 16.3. The minimum Gasteiger partial charge on any atom is -0.406 e. The zero-order valence-electron chi connectivity index (χ0n) is 16.3. The molecule has 0 amide bonds. The quantitative estimate of drug-likeness (QED) is 0.769. The molecule has 3 rings (SSSR count). The Balaban J connectivity index is 1.84. The normalized spacial score (nSPS) is 15.1. The molecule has 8 heteroatoms. The number of aromatic nitrogens is 2. The van der Waals surface area contributed by atoms with Gasteiger partial charge in [0.15, 0.2) is 0 Å². The number of aryl methyl sites for hydroxylation is 1. The summed E-state index contributed by atoms with van der Waals surface area (Å²) in [5.74, 6) is 1.18. The van der Waals surface area contributed by atoms with Crippen molar-refractivity contribution in [2.45, 2.75) is 59.0 Å².